The summed E-state index contributed by atoms with van der Waals surface area (Å²) in [6, 6.07) is 11.1. The predicted molar refractivity (Wildman–Crippen MR) is 126 cm³/mol. The number of rotatable bonds is 7. The molecule has 1 saturated heterocycles. The van der Waals surface area contributed by atoms with E-state index in [2.05, 4.69) is 15.3 Å². The summed E-state index contributed by atoms with van der Waals surface area (Å²) in [7, 11) is 0. The summed E-state index contributed by atoms with van der Waals surface area (Å²) in [5.41, 5.74) is 2.50. The highest BCUT2D eigenvalue weighted by molar-refractivity contribution is 8.01. The first-order valence-corrected chi connectivity index (χ1v) is 12.0. The van der Waals surface area contributed by atoms with E-state index in [0.29, 0.717) is 22.3 Å². The second kappa shape index (κ2) is 10.1. The second-order valence-corrected chi connectivity index (χ2v) is 9.88. The fraction of sp³-hybridized carbons (Fsp3) is 0.286. The van der Waals surface area contributed by atoms with E-state index in [4.69, 9.17) is 27.9 Å². The third kappa shape index (κ3) is 5.74. The molecule has 2 heterocycles. The van der Waals surface area contributed by atoms with E-state index >= 15 is 0 Å². The molecule has 4 rings (SSSR count). The maximum Gasteiger partial charge on any atom is 0.230 e. The summed E-state index contributed by atoms with van der Waals surface area (Å²) in [5.74, 6) is 0.340. The minimum Gasteiger partial charge on any atom is -0.376 e. The second-order valence-electron chi connectivity index (χ2n) is 6.78. The van der Waals surface area contributed by atoms with Crippen LogP contribution >= 0.6 is 46.3 Å². The smallest absolute Gasteiger partial charge is 0.230 e. The first-order valence-electron chi connectivity index (χ1n) is 9.47. The summed E-state index contributed by atoms with van der Waals surface area (Å²) in [6.07, 6.45) is 3.96. The van der Waals surface area contributed by atoms with Gasteiger partial charge in [-0.05, 0) is 43.2 Å². The standard InChI is InChI=1S/C21H19Cl2N3O2S2/c22-14-4-3-13(17(23)8-14)10-24-15-5-6-18-19(9-15)30-21(26-18)29-12-20(27)25-11-16-2-1-7-28-16/h3-6,8-10,16H,1-2,7,11-12H2,(H,25,27). The molecule has 3 aromatic rings. The van der Waals surface area contributed by atoms with Crippen molar-refractivity contribution in [2.45, 2.75) is 23.3 Å². The van der Waals surface area contributed by atoms with Crippen LogP contribution in [0.5, 0.6) is 0 Å². The highest BCUT2D eigenvalue weighted by Gasteiger charge is 2.16. The molecule has 0 aliphatic carbocycles. The van der Waals surface area contributed by atoms with Gasteiger partial charge in [0.05, 0.1) is 32.8 Å². The van der Waals surface area contributed by atoms with Gasteiger partial charge < -0.3 is 10.1 Å². The first-order chi connectivity index (χ1) is 14.6. The fourth-order valence-electron chi connectivity index (χ4n) is 3.00. The molecule has 0 spiro atoms. The van der Waals surface area contributed by atoms with E-state index < -0.39 is 0 Å². The van der Waals surface area contributed by atoms with Gasteiger partial charge in [0.2, 0.25) is 5.91 Å². The lowest BCUT2D eigenvalue weighted by atomic mass is 10.2. The summed E-state index contributed by atoms with van der Waals surface area (Å²) in [5, 5.41) is 4.08. The molecule has 1 fully saturated rings. The number of nitrogens with one attached hydrogen (secondary N) is 1. The fourth-order valence-corrected chi connectivity index (χ4v) is 5.38. The van der Waals surface area contributed by atoms with Crippen molar-refractivity contribution in [3.05, 3.63) is 52.0 Å². The SMILES string of the molecule is O=C(CSc1nc2ccc(N=Cc3ccc(Cl)cc3Cl)cc2s1)NCC1CCCO1. The van der Waals surface area contributed by atoms with Gasteiger partial charge in [0, 0.05) is 30.0 Å². The van der Waals surface area contributed by atoms with Crippen LogP contribution in [0.2, 0.25) is 10.0 Å². The Morgan fingerprint density at radius 3 is 3.03 bits per heavy atom. The maximum atomic E-state index is 12.1. The lowest BCUT2D eigenvalue weighted by molar-refractivity contribution is -0.119. The number of benzene rings is 2. The topological polar surface area (TPSA) is 63.6 Å². The maximum absolute atomic E-state index is 12.1. The highest BCUT2D eigenvalue weighted by Crippen LogP contribution is 2.32. The Morgan fingerprint density at radius 1 is 1.33 bits per heavy atom. The number of aromatic nitrogens is 1. The third-order valence-corrected chi connectivity index (χ3v) is 7.27. The van der Waals surface area contributed by atoms with Crippen molar-refractivity contribution in [1.29, 1.82) is 0 Å². The summed E-state index contributed by atoms with van der Waals surface area (Å²) in [6.45, 7) is 1.37. The molecule has 2 aromatic carbocycles. The number of thioether (sulfide) groups is 1. The van der Waals surface area contributed by atoms with Crippen molar-refractivity contribution in [3.63, 3.8) is 0 Å². The van der Waals surface area contributed by atoms with Crippen LogP contribution in [0.3, 0.4) is 0 Å². The van der Waals surface area contributed by atoms with Gasteiger partial charge in [-0.15, -0.1) is 11.3 Å². The van der Waals surface area contributed by atoms with Crippen molar-refractivity contribution in [2.24, 2.45) is 4.99 Å². The Balaban J connectivity index is 1.36. The lowest BCUT2D eigenvalue weighted by Crippen LogP contribution is -2.32. The van der Waals surface area contributed by atoms with E-state index in [9.17, 15) is 4.79 Å². The Labute approximate surface area is 192 Å². The molecule has 0 bridgehead atoms. The van der Waals surface area contributed by atoms with Crippen LogP contribution in [-0.2, 0) is 9.53 Å². The molecular weight excluding hydrogens is 461 g/mol. The number of thiazole rings is 1. The van der Waals surface area contributed by atoms with E-state index in [1.54, 1.807) is 29.7 Å². The van der Waals surface area contributed by atoms with Crippen LogP contribution in [0, 0.1) is 0 Å². The molecule has 1 unspecified atom stereocenters. The Hall–Kier alpha value is -1.64. The first kappa shape index (κ1) is 21.6. The number of carbonyl (C=O) groups excluding carboxylic acids is 1. The van der Waals surface area contributed by atoms with Crippen LogP contribution in [0.15, 0.2) is 45.7 Å². The van der Waals surface area contributed by atoms with Gasteiger partial charge in [0.25, 0.3) is 0 Å². The average molecular weight is 480 g/mol. The van der Waals surface area contributed by atoms with Crippen molar-refractivity contribution in [1.82, 2.24) is 10.3 Å². The van der Waals surface area contributed by atoms with Crippen molar-refractivity contribution in [2.75, 3.05) is 18.9 Å². The quantitative estimate of drug-likeness (QED) is 0.346. The number of fused-ring (bicyclic) bond motifs is 1. The number of carbonyl (C=O) groups is 1. The Kier molecular flexibility index (Phi) is 7.28. The zero-order valence-corrected chi connectivity index (χ0v) is 19.1. The molecule has 1 aromatic heterocycles. The number of ether oxygens (including phenoxy) is 1. The van der Waals surface area contributed by atoms with E-state index in [0.717, 1.165) is 45.3 Å². The molecule has 1 N–H and O–H groups in total. The van der Waals surface area contributed by atoms with E-state index in [-0.39, 0.29) is 12.0 Å². The molecule has 0 radical (unpaired) electrons. The number of aliphatic imine (C=N–C) groups is 1. The molecule has 0 saturated carbocycles. The zero-order valence-electron chi connectivity index (χ0n) is 15.9. The largest absolute Gasteiger partial charge is 0.376 e. The van der Waals surface area contributed by atoms with Gasteiger partial charge in [-0.1, -0.05) is 41.0 Å². The molecule has 156 valence electrons. The molecule has 1 amide bonds. The van der Waals surface area contributed by atoms with Crippen LogP contribution in [-0.4, -0.2) is 42.1 Å². The summed E-state index contributed by atoms with van der Waals surface area (Å²) < 4.78 is 7.40. The van der Waals surface area contributed by atoms with Gasteiger partial charge in [0.15, 0.2) is 4.34 Å². The number of hydrogen-bond acceptors (Lipinski definition) is 6. The zero-order chi connectivity index (χ0) is 20.9. The predicted octanol–water partition coefficient (Wildman–Crippen LogP) is 5.74. The van der Waals surface area contributed by atoms with Crippen molar-refractivity contribution >= 4 is 74.3 Å². The molecule has 1 atom stereocenters. The van der Waals surface area contributed by atoms with Crippen molar-refractivity contribution < 1.29 is 9.53 Å². The van der Waals surface area contributed by atoms with Gasteiger partial charge in [-0.3, -0.25) is 9.79 Å². The Morgan fingerprint density at radius 2 is 2.23 bits per heavy atom. The van der Waals surface area contributed by atoms with Gasteiger partial charge >= 0.3 is 0 Å². The number of nitrogens with zero attached hydrogens (tertiary/aromatic N) is 2. The van der Waals surface area contributed by atoms with Crippen LogP contribution < -0.4 is 5.32 Å². The summed E-state index contributed by atoms with van der Waals surface area (Å²) in [4.78, 5) is 21.2. The third-order valence-electron chi connectivity index (χ3n) is 4.55. The number of amides is 1. The molecular formula is C21H19Cl2N3O2S2. The minimum atomic E-state index is -0.000103. The van der Waals surface area contributed by atoms with E-state index in [1.807, 2.05) is 24.3 Å². The minimum absolute atomic E-state index is 0.000103. The average Bonchev–Trinajstić information content (AvgIpc) is 3.39. The van der Waals surface area contributed by atoms with Crippen molar-refractivity contribution in [3.8, 4) is 0 Å². The monoisotopic (exact) mass is 479 g/mol. The molecule has 9 heteroatoms. The van der Waals surface area contributed by atoms with Crippen LogP contribution in [0.25, 0.3) is 10.2 Å². The number of hydrogen-bond donors (Lipinski definition) is 1. The molecule has 5 nitrogen and oxygen atoms in total. The normalized spacial score (nSPS) is 16.5. The van der Waals surface area contributed by atoms with Crippen LogP contribution in [0.4, 0.5) is 5.69 Å². The summed E-state index contributed by atoms with van der Waals surface area (Å²) >= 11 is 15.1. The molecule has 30 heavy (non-hydrogen) atoms. The van der Waals surface area contributed by atoms with Gasteiger partial charge in [0.1, 0.15) is 0 Å². The van der Waals surface area contributed by atoms with E-state index in [1.165, 1.54) is 11.8 Å². The Bertz CT molecular complexity index is 1080. The molecule has 1 aliphatic rings. The number of halogens is 2. The van der Waals surface area contributed by atoms with Gasteiger partial charge in [-0.25, -0.2) is 4.98 Å². The van der Waals surface area contributed by atoms with Gasteiger partial charge in [-0.2, -0.15) is 0 Å². The highest BCUT2D eigenvalue weighted by atomic mass is 35.5. The van der Waals surface area contributed by atoms with Crippen LogP contribution in [0.1, 0.15) is 18.4 Å². The molecule has 1 aliphatic heterocycles. The lowest BCUT2D eigenvalue weighted by Gasteiger charge is -2.09.